The van der Waals surface area contributed by atoms with Crippen LogP contribution in [0.25, 0.3) is 0 Å². The van der Waals surface area contributed by atoms with Crippen LogP contribution in [-0.4, -0.2) is 35.0 Å². The summed E-state index contributed by atoms with van der Waals surface area (Å²) in [5.74, 6) is 0.121. The van der Waals surface area contributed by atoms with Crippen molar-refractivity contribution in [2.45, 2.75) is 46.1 Å². The van der Waals surface area contributed by atoms with E-state index in [0.717, 1.165) is 23.1 Å². The van der Waals surface area contributed by atoms with Gasteiger partial charge in [-0.3, -0.25) is 4.79 Å². The van der Waals surface area contributed by atoms with E-state index >= 15 is 0 Å². The van der Waals surface area contributed by atoms with Crippen molar-refractivity contribution in [3.05, 3.63) is 22.4 Å². The van der Waals surface area contributed by atoms with Crippen LogP contribution >= 0.6 is 15.9 Å². The van der Waals surface area contributed by atoms with Crippen LogP contribution in [-0.2, 0) is 0 Å². The van der Waals surface area contributed by atoms with Gasteiger partial charge in [-0.05, 0) is 53.2 Å². The number of carbonyl (C=O) groups is 1. The molecular formula is C16H26BrN3O. The van der Waals surface area contributed by atoms with E-state index in [-0.39, 0.29) is 11.3 Å². The highest BCUT2D eigenvalue weighted by atomic mass is 79.9. The monoisotopic (exact) mass is 355 g/mol. The van der Waals surface area contributed by atoms with E-state index in [1.807, 2.05) is 17.2 Å². The van der Waals surface area contributed by atoms with Crippen molar-refractivity contribution in [1.29, 1.82) is 0 Å². The van der Waals surface area contributed by atoms with Gasteiger partial charge in [0, 0.05) is 29.8 Å². The molecule has 0 unspecified atom stereocenters. The van der Waals surface area contributed by atoms with Gasteiger partial charge in [-0.1, -0.05) is 20.8 Å². The predicted octanol–water partition coefficient (Wildman–Crippen LogP) is 3.42. The maximum Gasteiger partial charge on any atom is 0.270 e. The summed E-state index contributed by atoms with van der Waals surface area (Å²) in [7, 11) is 0. The van der Waals surface area contributed by atoms with E-state index in [2.05, 4.69) is 41.3 Å². The molecular weight excluding hydrogens is 330 g/mol. The molecule has 0 saturated heterocycles. The van der Waals surface area contributed by atoms with Crippen LogP contribution in [0, 0.1) is 5.41 Å². The Balaban J connectivity index is 2.21. The van der Waals surface area contributed by atoms with Crippen LogP contribution in [0.5, 0.6) is 0 Å². The third-order valence-electron chi connectivity index (χ3n) is 3.93. The van der Waals surface area contributed by atoms with E-state index in [4.69, 9.17) is 5.73 Å². The molecule has 0 aliphatic heterocycles. The molecule has 118 valence electrons. The first-order valence-corrected chi connectivity index (χ1v) is 8.54. The van der Waals surface area contributed by atoms with Gasteiger partial charge in [0.25, 0.3) is 5.91 Å². The Bertz CT molecular complexity index is 506. The Morgan fingerprint density at radius 3 is 2.71 bits per heavy atom. The fourth-order valence-electron chi connectivity index (χ4n) is 2.54. The van der Waals surface area contributed by atoms with E-state index in [1.54, 1.807) is 0 Å². The second kappa shape index (κ2) is 6.53. The molecule has 2 rings (SSSR count). The molecule has 2 N–H and O–H groups in total. The highest BCUT2D eigenvalue weighted by molar-refractivity contribution is 9.10. The van der Waals surface area contributed by atoms with Crippen molar-refractivity contribution in [2.75, 3.05) is 19.6 Å². The Morgan fingerprint density at radius 1 is 1.52 bits per heavy atom. The fraction of sp³-hybridized carbons (Fsp3) is 0.688. The third-order valence-corrected chi connectivity index (χ3v) is 4.36. The zero-order valence-electron chi connectivity index (χ0n) is 13.2. The van der Waals surface area contributed by atoms with Crippen molar-refractivity contribution < 1.29 is 4.79 Å². The van der Waals surface area contributed by atoms with Gasteiger partial charge < -0.3 is 15.2 Å². The molecule has 1 aliphatic carbocycles. The lowest BCUT2D eigenvalue weighted by atomic mass is 9.93. The molecule has 1 aromatic heterocycles. The third kappa shape index (κ3) is 4.10. The minimum absolute atomic E-state index is 0.0565. The lowest BCUT2D eigenvalue weighted by Crippen LogP contribution is -2.43. The average Bonchev–Trinajstić information content (AvgIpc) is 3.20. The van der Waals surface area contributed by atoms with Crippen LogP contribution in [0.3, 0.4) is 0 Å². The summed E-state index contributed by atoms with van der Waals surface area (Å²) in [6, 6.07) is 2.44. The molecule has 0 aromatic carbocycles. The molecule has 0 spiro atoms. The predicted molar refractivity (Wildman–Crippen MR) is 89.4 cm³/mol. The van der Waals surface area contributed by atoms with Crippen LogP contribution in [0.4, 0.5) is 0 Å². The summed E-state index contributed by atoms with van der Waals surface area (Å²) >= 11 is 3.50. The minimum atomic E-state index is -0.0565. The number of rotatable bonds is 7. The summed E-state index contributed by atoms with van der Waals surface area (Å²) in [4.78, 5) is 14.9. The van der Waals surface area contributed by atoms with Gasteiger partial charge in [0.05, 0.1) is 0 Å². The van der Waals surface area contributed by atoms with Crippen molar-refractivity contribution in [3.63, 3.8) is 0 Å². The molecule has 0 bridgehead atoms. The molecule has 1 heterocycles. The molecule has 1 fully saturated rings. The van der Waals surface area contributed by atoms with Crippen LogP contribution in [0.1, 0.15) is 56.6 Å². The second-order valence-corrected chi connectivity index (χ2v) is 7.69. The summed E-state index contributed by atoms with van der Waals surface area (Å²) in [6.07, 6.45) is 5.33. The molecule has 21 heavy (non-hydrogen) atoms. The van der Waals surface area contributed by atoms with Crippen molar-refractivity contribution >= 4 is 21.8 Å². The van der Waals surface area contributed by atoms with Crippen molar-refractivity contribution in [1.82, 2.24) is 9.47 Å². The second-order valence-electron chi connectivity index (χ2n) is 6.78. The fourth-order valence-corrected chi connectivity index (χ4v) is 2.97. The van der Waals surface area contributed by atoms with E-state index in [0.29, 0.717) is 19.1 Å². The largest absolute Gasteiger partial charge is 0.339 e. The molecule has 4 nitrogen and oxygen atoms in total. The number of hydrogen-bond acceptors (Lipinski definition) is 2. The number of aromatic nitrogens is 1. The van der Waals surface area contributed by atoms with E-state index in [9.17, 15) is 4.79 Å². The quantitative estimate of drug-likeness (QED) is 0.814. The molecule has 1 aromatic rings. The number of halogens is 1. The Hall–Kier alpha value is -0.810. The zero-order chi connectivity index (χ0) is 15.6. The standard InChI is InChI=1S/C16H26BrN3O/c1-4-7-19(11-16(2,3)10-18)15(21)14-8-12(17)9-20(14)13-5-6-13/h8-9,13H,4-7,10-11,18H2,1-3H3. The Kier molecular flexibility index (Phi) is 5.15. The first-order chi connectivity index (χ1) is 9.88. The topological polar surface area (TPSA) is 51.3 Å². The average molecular weight is 356 g/mol. The number of carbonyl (C=O) groups excluding carboxylic acids is 1. The van der Waals surface area contributed by atoms with Gasteiger partial charge >= 0.3 is 0 Å². The van der Waals surface area contributed by atoms with Crippen LogP contribution < -0.4 is 5.73 Å². The molecule has 0 radical (unpaired) electrons. The Morgan fingerprint density at radius 2 is 2.19 bits per heavy atom. The molecule has 1 aliphatic rings. The summed E-state index contributed by atoms with van der Waals surface area (Å²) in [5, 5.41) is 0. The first-order valence-electron chi connectivity index (χ1n) is 7.74. The maximum absolute atomic E-state index is 12.9. The minimum Gasteiger partial charge on any atom is -0.339 e. The van der Waals surface area contributed by atoms with Gasteiger partial charge in [0.15, 0.2) is 0 Å². The summed E-state index contributed by atoms with van der Waals surface area (Å²) < 4.78 is 3.11. The molecule has 1 amide bonds. The van der Waals surface area contributed by atoms with Gasteiger partial charge in [-0.25, -0.2) is 0 Å². The number of nitrogens with zero attached hydrogens (tertiary/aromatic N) is 2. The Labute approximate surface area is 135 Å². The summed E-state index contributed by atoms with van der Waals surface area (Å²) in [5.41, 5.74) is 6.57. The van der Waals surface area contributed by atoms with Gasteiger partial charge in [-0.15, -0.1) is 0 Å². The number of amides is 1. The molecule has 5 heteroatoms. The lowest BCUT2D eigenvalue weighted by molar-refractivity contribution is 0.0678. The molecule has 1 saturated carbocycles. The zero-order valence-corrected chi connectivity index (χ0v) is 14.8. The molecule has 0 atom stereocenters. The first kappa shape index (κ1) is 16.6. The highest BCUT2D eigenvalue weighted by Crippen LogP contribution is 2.37. The van der Waals surface area contributed by atoms with Crippen LogP contribution in [0.15, 0.2) is 16.7 Å². The van der Waals surface area contributed by atoms with Gasteiger partial charge in [0.2, 0.25) is 0 Å². The van der Waals surface area contributed by atoms with Gasteiger partial charge in [-0.2, -0.15) is 0 Å². The number of hydrogen-bond donors (Lipinski definition) is 1. The lowest BCUT2D eigenvalue weighted by Gasteiger charge is -2.32. The normalized spacial score (nSPS) is 15.3. The maximum atomic E-state index is 12.9. The summed E-state index contributed by atoms with van der Waals surface area (Å²) in [6.45, 7) is 8.37. The SMILES string of the molecule is CCCN(CC(C)(C)CN)C(=O)c1cc(Br)cn1C1CC1. The van der Waals surface area contributed by atoms with E-state index < -0.39 is 0 Å². The highest BCUT2D eigenvalue weighted by Gasteiger charge is 2.31. The van der Waals surface area contributed by atoms with Gasteiger partial charge in [0.1, 0.15) is 5.69 Å². The number of nitrogens with two attached hydrogens (primary N) is 1. The van der Waals surface area contributed by atoms with Crippen molar-refractivity contribution in [3.8, 4) is 0 Å². The smallest absolute Gasteiger partial charge is 0.270 e. The van der Waals surface area contributed by atoms with Crippen molar-refractivity contribution in [2.24, 2.45) is 11.1 Å². The van der Waals surface area contributed by atoms with E-state index in [1.165, 1.54) is 12.8 Å². The van der Waals surface area contributed by atoms with Crippen LogP contribution in [0.2, 0.25) is 0 Å².